The lowest BCUT2D eigenvalue weighted by molar-refractivity contribution is -0.144. The molecule has 6 nitrogen and oxygen atoms in total. The Bertz CT molecular complexity index is 776. The van der Waals surface area contributed by atoms with Gasteiger partial charge in [-0.05, 0) is 25.5 Å². The summed E-state index contributed by atoms with van der Waals surface area (Å²) in [5.74, 6) is -1.51. The van der Waals surface area contributed by atoms with Crippen LogP contribution < -0.4 is 5.32 Å². The number of hydrogen-bond donors (Lipinski definition) is 1. The summed E-state index contributed by atoms with van der Waals surface area (Å²) in [7, 11) is 1.54. The van der Waals surface area contributed by atoms with Gasteiger partial charge in [0.15, 0.2) is 0 Å². The van der Waals surface area contributed by atoms with Crippen molar-refractivity contribution >= 4 is 23.4 Å². The molecule has 0 aromatic heterocycles. The minimum atomic E-state index is -1.01. The Morgan fingerprint density at radius 1 is 1.17 bits per heavy atom. The first-order valence-corrected chi connectivity index (χ1v) is 8.07. The molecule has 1 aromatic carbocycles. The fraction of sp³-hybridized carbons (Fsp3) is 0.471. The maximum atomic E-state index is 13.1. The SMILES string of the molecule is CN1C(=O)[C@@H]2[C@H]3CCCN3[C@@]3(C(=O)Nc4ccccc43)[C@@H]2C1=O. The predicted octanol–water partition coefficient (Wildman–Crippen LogP) is 0.543. The van der Waals surface area contributed by atoms with Crippen molar-refractivity contribution in [1.29, 1.82) is 0 Å². The van der Waals surface area contributed by atoms with E-state index in [2.05, 4.69) is 10.2 Å². The zero-order valence-corrected chi connectivity index (χ0v) is 12.8. The lowest BCUT2D eigenvalue weighted by Crippen LogP contribution is -2.53. The Kier molecular flexibility index (Phi) is 2.30. The first-order chi connectivity index (χ1) is 11.1. The fourth-order valence-corrected chi connectivity index (χ4v) is 5.30. The van der Waals surface area contributed by atoms with Crippen LogP contribution in [0.1, 0.15) is 18.4 Å². The number of carbonyl (C=O) groups is 3. The van der Waals surface area contributed by atoms with Gasteiger partial charge in [0.25, 0.3) is 0 Å². The average Bonchev–Trinajstić information content (AvgIpc) is 3.23. The van der Waals surface area contributed by atoms with Gasteiger partial charge in [-0.25, -0.2) is 0 Å². The molecule has 5 rings (SSSR count). The van der Waals surface area contributed by atoms with E-state index in [1.54, 1.807) is 0 Å². The minimum Gasteiger partial charge on any atom is -0.324 e. The molecule has 1 spiro atoms. The lowest BCUT2D eigenvalue weighted by Gasteiger charge is -2.36. The standard InChI is InChI=1S/C17H17N3O3/c1-19-14(21)12-11-7-4-8-20(11)17(13(12)15(19)22)9-5-2-3-6-10(9)18-16(17)23/h2-3,5-6,11-13H,4,7-8H2,1H3,(H,18,23)/t11-,12-,13+,17-/m1/s1. The average molecular weight is 311 g/mol. The highest BCUT2D eigenvalue weighted by Crippen LogP contribution is 2.59. The maximum absolute atomic E-state index is 13.1. The highest BCUT2D eigenvalue weighted by molar-refractivity contribution is 6.15. The molecule has 118 valence electrons. The van der Waals surface area contributed by atoms with Gasteiger partial charge in [0.1, 0.15) is 5.54 Å². The van der Waals surface area contributed by atoms with E-state index >= 15 is 0 Å². The molecule has 0 saturated carbocycles. The van der Waals surface area contributed by atoms with Crippen molar-refractivity contribution in [2.45, 2.75) is 24.4 Å². The van der Waals surface area contributed by atoms with Crippen LogP contribution in [0.3, 0.4) is 0 Å². The van der Waals surface area contributed by atoms with Crippen LogP contribution in [-0.2, 0) is 19.9 Å². The van der Waals surface area contributed by atoms with Gasteiger partial charge in [-0.2, -0.15) is 0 Å². The summed E-state index contributed by atoms with van der Waals surface area (Å²) >= 11 is 0. The number of nitrogens with zero attached hydrogens (tertiary/aromatic N) is 2. The number of carbonyl (C=O) groups excluding carboxylic acids is 3. The zero-order chi connectivity index (χ0) is 15.9. The molecule has 4 aliphatic rings. The number of nitrogens with one attached hydrogen (secondary N) is 1. The Labute approximate surface area is 133 Å². The number of benzene rings is 1. The van der Waals surface area contributed by atoms with Crippen molar-refractivity contribution in [3.05, 3.63) is 29.8 Å². The number of anilines is 1. The first-order valence-electron chi connectivity index (χ1n) is 8.07. The van der Waals surface area contributed by atoms with Crippen molar-refractivity contribution in [2.75, 3.05) is 18.9 Å². The second-order valence-electron chi connectivity index (χ2n) is 6.91. The second kappa shape index (κ2) is 4.00. The van der Waals surface area contributed by atoms with Gasteiger partial charge < -0.3 is 5.32 Å². The van der Waals surface area contributed by atoms with E-state index in [-0.39, 0.29) is 23.8 Å². The van der Waals surface area contributed by atoms with Crippen LogP contribution in [0.15, 0.2) is 24.3 Å². The van der Waals surface area contributed by atoms with Crippen LogP contribution in [0.4, 0.5) is 5.69 Å². The van der Waals surface area contributed by atoms with E-state index in [0.29, 0.717) is 0 Å². The molecule has 0 aliphatic carbocycles. The molecule has 0 unspecified atom stereocenters. The summed E-state index contributed by atoms with van der Waals surface area (Å²) in [4.78, 5) is 41.9. The highest BCUT2D eigenvalue weighted by Gasteiger charge is 2.74. The number of amides is 3. The zero-order valence-electron chi connectivity index (χ0n) is 12.8. The topological polar surface area (TPSA) is 69.7 Å². The normalized spacial score (nSPS) is 38.2. The van der Waals surface area contributed by atoms with Gasteiger partial charge in [-0.15, -0.1) is 0 Å². The molecule has 1 aromatic rings. The van der Waals surface area contributed by atoms with Gasteiger partial charge >= 0.3 is 0 Å². The number of rotatable bonds is 0. The number of fused-ring (bicyclic) bond motifs is 7. The van der Waals surface area contributed by atoms with Crippen molar-refractivity contribution in [1.82, 2.24) is 9.80 Å². The van der Waals surface area contributed by atoms with Gasteiger partial charge in [-0.3, -0.25) is 24.2 Å². The maximum Gasteiger partial charge on any atom is 0.250 e. The summed E-state index contributed by atoms with van der Waals surface area (Å²) < 4.78 is 0. The lowest BCUT2D eigenvalue weighted by atomic mass is 9.75. The molecule has 4 heterocycles. The third kappa shape index (κ3) is 1.25. The van der Waals surface area contributed by atoms with Gasteiger partial charge in [-0.1, -0.05) is 18.2 Å². The van der Waals surface area contributed by atoms with Crippen molar-refractivity contribution in [2.24, 2.45) is 11.8 Å². The van der Waals surface area contributed by atoms with Crippen LogP contribution >= 0.6 is 0 Å². The van der Waals surface area contributed by atoms with Gasteiger partial charge in [0.05, 0.1) is 11.8 Å². The van der Waals surface area contributed by atoms with E-state index < -0.39 is 17.4 Å². The molecule has 0 radical (unpaired) electrons. The Morgan fingerprint density at radius 3 is 2.78 bits per heavy atom. The molecule has 0 bridgehead atoms. The van der Waals surface area contributed by atoms with Crippen LogP contribution in [0.5, 0.6) is 0 Å². The van der Waals surface area contributed by atoms with E-state index in [9.17, 15) is 14.4 Å². The van der Waals surface area contributed by atoms with Crippen LogP contribution in [0, 0.1) is 11.8 Å². The predicted molar refractivity (Wildman–Crippen MR) is 81.2 cm³/mol. The van der Waals surface area contributed by atoms with Crippen molar-refractivity contribution in [3.63, 3.8) is 0 Å². The van der Waals surface area contributed by atoms with Gasteiger partial charge in [0, 0.05) is 24.3 Å². The third-order valence-corrected chi connectivity index (χ3v) is 6.12. The number of para-hydroxylation sites is 1. The molecule has 1 N–H and O–H groups in total. The molecule has 4 atom stereocenters. The third-order valence-electron chi connectivity index (χ3n) is 6.12. The number of likely N-dealkylation sites (tertiary alicyclic amines) is 1. The first kappa shape index (κ1) is 13.2. The van der Waals surface area contributed by atoms with Crippen LogP contribution in [0.25, 0.3) is 0 Å². The molecule has 4 aliphatic heterocycles. The molecule has 3 amide bonds. The Balaban J connectivity index is 1.80. The van der Waals surface area contributed by atoms with Crippen LogP contribution in [-0.4, -0.2) is 47.2 Å². The molecule has 23 heavy (non-hydrogen) atoms. The molecule has 6 heteroatoms. The molecular weight excluding hydrogens is 294 g/mol. The summed E-state index contributed by atoms with van der Waals surface area (Å²) in [5, 5.41) is 2.94. The summed E-state index contributed by atoms with van der Waals surface area (Å²) in [5.41, 5.74) is 0.597. The quantitative estimate of drug-likeness (QED) is 0.710. The van der Waals surface area contributed by atoms with E-state index in [0.717, 1.165) is 30.6 Å². The summed E-state index contributed by atoms with van der Waals surface area (Å²) in [6.45, 7) is 0.754. The Hall–Kier alpha value is -2.21. The minimum absolute atomic E-state index is 0.0155. The van der Waals surface area contributed by atoms with E-state index in [1.165, 1.54) is 11.9 Å². The molecular formula is C17H17N3O3. The molecule has 3 fully saturated rings. The van der Waals surface area contributed by atoms with E-state index in [1.807, 2.05) is 24.3 Å². The second-order valence-corrected chi connectivity index (χ2v) is 6.91. The smallest absolute Gasteiger partial charge is 0.250 e. The van der Waals surface area contributed by atoms with Crippen molar-refractivity contribution < 1.29 is 14.4 Å². The Morgan fingerprint density at radius 2 is 1.96 bits per heavy atom. The number of imide groups is 1. The van der Waals surface area contributed by atoms with E-state index in [4.69, 9.17) is 0 Å². The largest absolute Gasteiger partial charge is 0.324 e. The highest BCUT2D eigenvalue weighted by atomic mass is 16.2. The monoisotopic (exact) mass is 311 g/mol. The van der Waals surface area contributed by atoms with Crippen molar-refractivity contribution in [3.8, 4) is 0 Å². The summed E-state index contributed by atoms with van der Waals surface area (Å²) in [6, 6.07) is 7.54. The molecule has 3 saturated heterocycles. The fourth-order valence-electron chi connectivity index (χ4n) is 5.30. The van der Waals surface area contributed by atoms with Crippen LogP contribution in [0.2, 0.25) is 0 Å². The number of hydrogen-bond acceptors (Lipinski definition) is 4. The van der Waals surface area contributed by atoms with Gasteiger partial charge in [0.2, 0.25) is 17.7 Å². The summed E-state index contributed by atoms with van der Waals surface area (Å²) in [6.07, 6.45) is 1.82.